The molecule has 0 fully saturated rings. The second-order valence-corrected chi connectivity index (χ2v) is 2.41. The second-order valence-electron chi connectivity index (χ2n) is 2.41. The minimum atomic E-state index is 0.642. The van der Waals surface area contributed by atoms with Gasteiger partial charge in [-0.1, -0.05) is 18.2 Å². The molecule has 0 unspecified atom stereocenters. The molecule has 0 aliphatic heterocycles. The molecular formula is C9H12. The summed E-state index contributed by atoms with van der Waals surface area (Å²) in [4.78, 5) is 0. The second kappa shape index (κ2) is 2.22. The van der Waals surface area contributed by atoms with E-state index in [1.165, 1.54) is 11.1 Å². The van der Waals surface area contributed by atoms with Gasteiger partial charge >= 0.3 is 0 Å². The molecule has 1 aromatic rings. The molecule has 0 heterocycles. The summed E-state index contributed by atoms with van der Waals surface area (Å²) in [6.07, 6.45) is 0. The maximum atomic E-state index is 7.46. The Morgan fingerprint density at radius 1 is 1.22 bits per heavy atom. The average molecular weight is 122 g/mol. The van der Waals surface area contributed by atoms with Gasteiger partial charge in [0.05, 0.1) is 1.37 Å². The van der Waals surface area contributed by atoms with Crippen LogP contribution in [0.2, 0.25) is 0 Å². The molecule has 0 saturated heterocycles. The fourth-order valence-electron chi connectivity index (χ4n) is 0.821. The van der Waals surface area contributed by atoms with Gasteiger partial charge in [0, 0.05) is 0 Å². The maximum Gasteiger partial charge on any atom is 0.0626 e. The molecule has 0 aromatic heterocycles. The smallest absolute Gasteiger partial charge is 0.0617 e. The van der Waals surface area contributed by atoms with E-state index in [0.29, 0.717) is 6.04 Å². The SMILES string of the molecule is [3H]c1ccc(C)c(C)c1C. The summed E-state index contributed by atoms with van der Waals surface area (Å²) >= 11 is 0. The Kier molecular flexibility index (Phi) is 1.24. The van der Waals surface area contributed by atoms with Crippen molar-refractivity contribution in [3.63, 3.8) is 0 Å². The van der Waals surface area contributed by atoms with Crippen LogP contribution >= 0.6 is 0 Å². The molecule has 48 valence electrons. The highest BCUT2D eigenvalue weighted by molar-refractivity contribution is 5.31. The van der Waals surface area contributed by atoms with Crippen molar-refractivity contribution in [2.24, 2.45) is 0 Å². The van der Waals surface area contributed by atoms with E-state index in [4.69, 9.17) is 1.37 Å². The zero-order chi connectivity index (χ0) is 7.72. The van der Waals surface area contributed by atoms with Gasteiger partial charge in [-0.3, -0.25) is 0 Å². The summed E-state index contributed by atoms with van der Waals surface area (Å²) in [5.41, 5.74) is 3.61. The molecule has 0 bridgehead atoms. The van der Waals surface area contributed by atoms with E-state index in [1.54, 1.807) is 0 Å². The van der Waals surface area contributed by atoms with Gasteiger partial charge in [0.2, 0.25) is 0 Å². The molecule has 0 aliphatic rings. The zero-order valence-corrected chi connectivity index (χ0v) is 6.15. The first kappa shape index (κ1) is 5.04. The molecule has 1 rings (SSSR count). The van der Waals surface area contributed by atoms with Crippen LogP contribution in [0.1, 0.15) is 18.1 Å². The van der Waals surface area contributed by atoms with Crippen molar-refractivity contribution >= 4 is 0 Å². The molecule has 0 aliphatic carbocycles. The molecular weight excluding hydrogens is 108 g/mol. The van der Waals surface area contributed by atoms with Crippen LogP contribution in [0.4, 0.5) is 0 Å². The Balaban J connectivity index is 3.34. The quantitative estimate of drug-likeness (QED) is 0.496. The van der Waals surface area contributed by atoms with Crippen molar-refractivity contribution in [3.05, 3.63) is 34.9 Å². The van der Waals surface area contributed by atoms with Crippen LogP contribution in [0.15, 0.2) is 18.2 Å². The van der Waals surface area contributed by atoms with Crippen LogP contribution < -0.4 is 0 Å². The van der Waals surface area contributed by atoms with E-state index in [1.807, 2.05) is 19.1 Å². The number of aryl methyl sites for hydroxylation is 1. The average Bonchev–Trinajstić information content (AvgIpc) is 1.93. The highest BCUT2D eigenvalue weighted by Crippen LogP contribution is 2.09. The molecule has 9 heavy (non-hydrogen) atoms. The maximum absolute atomic E-state index is 7.46. The van der Waals surface area contributed by atoms with Gasteiger partial charge in [0.15, 0.2) is 0 Å². The summed E-state index contributed by atoms with van der Waals surface area (Å²) in [6, 6.07) is 4.48. The molecule has 0 atom stereocenters. The minimum absolute atomic E-state index is 0.642. The highest BCUT2D eigenvalue weighted by atomic mass is 14.0. The van der Waals surface area contributed by atoms with Gasteiger partial charge in [-0.05, 0) is 37.5 Å². The van der Waals surface area contributed by atoms with Crippen molar-refractivity contribution in [2.75, 3.05) is 0 Å². The fraction of sp³-hybridized carbons (Fsp3) is 0.333. The normalized spacial score (nSPS) is 11.2. The lowest BCUT2D eigenvalue weighted by molar-refractivity contribution is 1.27. The predicted octanol–water partition coefficient (Wildman–Crippen LogP) is 2.61. The molecule has 0 N–H and O–H groups in total. The Labute approximate surface area is 57.9 Å². The number of hydrogen-bond acceptors (Lipinski definition) is 0. The monoisotopic (exact) mass is 122 g/mol. The van der Waals surface area contributed by atoms with Crippen LogP contribution in [-0.4, -0.2) is 0 Å². The van der Waals surface area contributed by atoms with Crippen LogP contribution in [0.3, 0.4) is 0 Å². The van der Waals surface area contributed by atoms with Gasteiger partial charge in [0.1, 0.15) is 0 Å². The van der Waals surface area contributed by atoms with Crippen molar-refractivity contribution in [1.82, 2.24) is 0 Å². The topological polar surface area (TPSA) is 0 Å². The van der Waals surface area contributed by atoms with E-state index >= 15 is 0 Å². The number of hydrogen-bond donors (Lipinski definition) is 0. The van der Waals surface area contributed by atoms with E-state index in [9.17, 15) is 0 Å². The van der Waals surface area contributed by atoms with Gasteiger partial charge in [-0.25, -0.2) is 0 Å². The first-order valence-corrected chi connectivity index (χ1v) is 3.16. The summed E-state index contributed by atoms with van der Waals surface area (Å²) in [5, 5.41) is 0. The first-order valence-electron chi connectivity index (χ1n) is 3.66. The fourth-order valence-corrected chi connectivity index (χ4v) is 0.821. The van der Waals surface area contributed by atoms with Crippen LogP contribution in [0.25, 0.3) is 0 Å². The summed E-state index contributed by atoms with van der Waals surface area (Å²) in [5.74, 6) is 0. The largest absolute Gasteiger partial charge is 0.0626 e. The third-order valence-corrected chi connectivity index (χ3v) is 1.79. The van der Waals surface area contributed by atoms with Crippen molar-refractivity contribution < 1.29 is 1.37 Å². The van der Waals surface area contributed by atoms with Gasteiger partial charge in [0.25, 0.3) is 0 Å². The van der Waals surface area contributed by atoms with Gasteiger partial charge in [-0.2, -0.15) is 0 Å². The van der Waals surface area contributed by atoms with E-state index < -0.39 is 0 Å². The molecule has 0 spiro atoms. The Bertz CT molecular complexity index is 224. The Morgan fingerprint density at radius 2 is 1.89 bits per heavy atom. The first-order chi connectivity index (χ1) is 4.63. The Hall–Kier alpha value is -0.780. The number of rotatable bonds is 0. The van der Waals surface area contributed by atoms with Crippen molar-refractivity contribution in [1.29, 1.82) is 0 Å². The van der Waals surface area contributed by atoms with E-state index in [0.717, 1.165) is 5.56 Å². The lowest BCUT2D eigenvalue weighted by Crippen LogP contribution is -1.82. The predicted molar refractivity (Wildman–Crippen MR) is 40.7 cm³/mol. The van der Waals surface area contributed by atoms with Crippen LogP contribution in [-0.2, 0) is 0 Å². The molecule has 0 nitrogen and oxygen atoms in total. The van der Waals surface area contributed by atoms with E-state index in [2.05, 4.69) is 13.8 Å². The molecule has 0 heteroatoms. The van der Waals surface area contributed by atoms with Crippen LogP contribution in [0, 0.1) is 20.8 Å². The third kappa shape index (κ3) is 1.13. The van der Waals surface area contributed by atoms with Crippen molar-refractivity contribution in [2.45, 2.75) is 20.8 Å². The summed E-state index contributed by atoms with van der Waals surface area (Å²) in [7, 11) is 0. The lowest BCUT2D eigenvalue weighted by atomic mass is 10.1. The van der Waals surface area contributed by atoms with Gasteiger partial charge in [-0.15, -0.1) is 0 Å². The van der Waals surface area contributed by atoms with E-state index in [-0.39, 0.29) is 0 Å². The van der Waals surface area contributed by atoms with Crippen molar-refractivity contribution in [3.8, 4) is 0 Å². The number of benzene rings is 1. The highest BCUT2D eigenvalue weighted by Gasteiger charge is 1.91. The van der Waals surface area contributed by atoms with Crippen LogP contribution in [0.5, 0.6) is 0 Å². The Morgan fingerprint density at radius 3 is 2.44 bits per heavy atom. The minimum Gasteiger partial charge on any atom is -0.0617 e. The lowest BCUT2D eigenvalue weighted by Gasteiger charge is -2.00. The molecule has 1 aromatic carbocycles. The summed E-state index contributed by atoms with van der Waals surface area (Å²) < 4.78 is 7.46. The molecule has 0 radical (unpaired) electrons. The zero-order valence-electron chi connectivity index (χ0n) is 7.15. The molecule has 0 amide bonds. The standard InChI is InChI=1S/C9H12/c1-7-5-4-6-8(2)9(7)3/h4-6H,1-3H3/i5T. The van der Waals surface area contributed by atoms with Gasteiger partial charge < -0.3 is 0 Å². The molecule has 0 saturated carbocycles. The summed E-state index contributed by atoms with van der Waals surface area (Å²) in [6.45, 7) is 6.12. The third-order valence-electron chi connectivity index (χ3n) is 1.79.